The molecule has 3 atom stereocenters. The highest BCUT2D eigenvalue weighted by Crippen LogP contribution is 2.31. The van der Waals surface area contributed by atoms with E-state index in [2.05, 4.69) is 35.5 Å². The first-order chi connectivity index (χ1) is 18.4. The van der Waals surface area contributed by atoms with Gasteiger partial charge in [-0.2, -0.15) is 0 Å². The summed E-state index contributed by atoms with van der Waals surface area (Å²) in [7, 11) is 0. The minimum absolute atomic E-state index is 0.0724. The van der Waals surface area contributed by atoms with Crippen LogP contribution < -0.4 is 5.32 Å². The number of hydrogen-bond acceptors (Lipinski definition) is 4. The highest BCUT2D eigenvalue weighted by molar-refractivity contribution is 6.08. The van der Waals surface area contributed by atoms with Crippen LogP contribution in [0.5, 0.6) is 0 Å². The molecule has 0 bridgehead atoms. The summed E-state index contributed by atoms with van der Waals surface area (Å²) in [6.45, 7) is 10.3. The second-order valence-electron chi connectivity index (χ2n) is 10.6. The topological polar surface area (TPSA) is 77.0 Å². The fourth-order valence-electron chi connectivity index (χ4n) is 5.08. The molecule has 0 saturated carbocycles. The Morgan fingerprint density at radius 1 is 1.03 bits per heavy atom. The number of esters is 1. The van der Waals surface area contributed by atoms with E-state index in [-0.39, 0.29) is 18.2 Å². The SMILES string of the molecule is CCCCCCCCC=CCCCC(Cc1ccccc1C1NC(=O)N=C(C)C1C(=O)OC(C)C)OCC. The fourth-order valence-corrected chi connectivity index (χ4v) is 5.08. The zero-order valence-corrected chi connectivity index (χ0v) is 24.3. The van der Waals surface area contributed by atoms with Crippen LogP contribution in [-0.4, -0.2) is 36.5 Å². The number of benzene rings is 1. The first kappa shape index (κ1) is 31.7. The lowest BCUT2D eigenvalue weighted by atomic mass is 9.84. The van der Waals surface area contributed by atoms with Gasteiger partial charge in [0.15, 0.2) is 0 Å². The predicted octanol–water partition coefficient (Wildman–Crippen LogP) is 7.90. The van der Waals surface area contributed by atoms with Gasteiger partial charge in [0.25, 0.3) is 0 Å². The van der Waals surface area contributed by atoms with Gasteiger partial charge in [-0.15, -0.1) is 0 Å². The van der Waals surface area contributed by atoms with Gasteiger partial charge in [0.05, 0.1) is 18.2 Å². The van der Waals surface area contributed by atoms with Gasteiger partial charge >= 0.3 is 12.0 Å². The minimum Gasteiger partial charge on any atom is -0.462 e. The van der Waals surface area contributed by atoms with E-state index in [4.69, 9.17) is 9.47 Å². The summed E-state index contributed by atoms with van der Waals surface area (Å²) in [5.74, 6) is -1.02. The number of unbranched alkanes of at least 4 members (excludes halogenated alkanes) is 7. The smallest absolute Gasteiger partial charge is 0.341 e. The van der Waals surface area contributed by atoms with Crippen molar-refractivity contribution in [3.05, 3.63) is 47.5 Å². The van der Waals surface area contributed by atoms with Crippen LogP contribution >= 0.6 is 0 Å². The Morgan fingerprint density at radius 2 is 1.71 bits per heavy atom. The zero-order valence-electron chi connectivity index (χ0n) is 24.3. The molecular weight excluding hydrogens is 476 g/mol. The van der Waals surface area contributed by atoms with Crippen molar-refractivity contribution >= 4 is 17.7 Å². The molecule has 1 heterocycles. The van der Waals surface area contributed by atoms with Crippen molar-refractivity contribution in [2.24, 2.45) is 10.9 Å². The lowest BCUT2D eigenvalue weighted by Gasteiger charge is -2.32. The number of urea groups is 1. The summed E-state index contributed by atoms with van der Waals surface area (Å²) < 4.78 is 11.6. The molecule has 0 aromatic heterocycles. The predicted molar refractivity (Wildman–Crippen MR) is 156 cm³/mol. The van der Waals surface area contributed by atoms with Crippen LogP contribution in [0.2, 0.25) is 0 Å². The highest BCUT2D eigenvalue weighted by atomic mass is 16.5. The van der Waals surface area contributed by atoms with Crippen LogP contribution in [0.3, 0.4) is 0 Å². The van der Waals surface area contributed by atoms with Gasteiger partial charge in [0, 0.05) is 12.3 Å². The molecule has 6 heteroatoms. The maximum Gasteiger partial charge on any atom is 0.341 e. The van der Waals surface area contributed by atoms with Crippen molar-refractivity contribution in [2.45, 2.75) is 123 Å². The Morgan fingerprint density at radius 3 is 2.42 bits per heavy atom. The van der Waals surface area contributed by atoms with Crippen LogP contribution in [0, 0.1) is 5.92 Å². The van der Waals surface area contributed by atoms with Gasteiger partial charge in [-0.25, -0.2) is 9.79 Å². The van der Waals surface area contributed by atoms with E-state index >= 15 is 0 Å². The molecule has 1 aliphatic heterocycles. The Kier molecular flexibility index (Phi) is 15.0. The minimum atomic E-state index is -0.654. The summed E-state index contributed by atoms with van der Waals surface area (Å²) in [5.41, 5.74) is 2.48. The van der Waals surface area contributed by atoms with Gasteiger partial charge in [0.2, 0.25) is 0 Å². The van der Waals surface area contributed by atoms with E-state index < -0.39 is 18.0 Å². The lowest BCUT2D eigenvalue weighted by Crippen LogP contribution is -2.45. The van der Waals surface area contributed by atoms with Crippen molar-refractivity contribution in [3.8, 4) is 0 Å². The molecular formula is C32H50N2O4. The number of carbonyl (C=O) groups is 2. The molecule has 0 fully saturated rings. The van der Waals surface area contributed by atoms with Crippen molar-refractivity contribution in [2.75, 3.05) is 6.61 Å². The molecule has 0 radical (unpaired) electrons. The van der Waals surface area contributed by atoms with Crippen LogP contribution in [0.1, 0.15) is 116 Å². The number of nitrogens with one attached hydrogen (secondary N) is 1. The number of ether oxygens (including phenoxy) is 2. The normalized spacial score (nSPS) is 18.5. The van der Waals surface area contributed by atoms with Crippen LogP contribution in [0.4, 0.5) is 4.79 Å². The molecule has 3 unspecified atom stereocenters. The second-order valence-corrected chi connectivity index (χ2v) is 10.6. The highest BCUT2D eigenvalue weighted by Gasteiger charge is 2.39. The van der Waals surface area contributed by atoms with E-state index in [1.165, 1.54) is 44.9 Å². The van der Waals surface area contributed by atoms with Gasteiger partial charge in [-0.1, -0.05) is 75.4 Å². The molecule has 1 aliphatic rings. The van der Waals surface area contributed by atoms with Crippen LogP contribution in [0.15, 0.2) is 41.4 Å². The average molecular weight is 527 g/mol. The standard InChI is InChI=1S/C32H50N2O4/c1-6-8-9-10-11-12-13-14-15-16-17-21-27(37-7-2)23-26-20-18-19-22-28(26)30-29(31(35)38-24(3)4)25(5)33-32(36)34-30/h14-15,18-20,22,24,27,29-30H,6-13,16-17,21,23H2,1-5H3,(H,34,36). The molecule has 2 rings (SSSR count). The molecule has 0 spiro atoms. The van der Waals surface area contributed by atoms with E-state index in [0.717, 1.165) is 36.8 Å². The number of rotatable bonds is 18. The Balaban J connectivity index is 2.00. The third kappa shape index (κ3) is 11.1. The van der Waals surface area contributed by atoms with E-state index in [1.807, 2.05) is 39.0 Å². The zero-order chi connectivity index (χ0) is 27.8. The maximum absolute atomic E-state index is 13.0. The van der Waals surface area contributed by atoms with Crippen molar-refractivity contribution in [1.82, 2.24) is 5.32 Å². The average Bonchev–Trinajstić information content (AvgIpc) is 2.86. The quantitative estimate of drug-likeness (QED) is 0.120. The number of carbonyl (C=O) groups excluding carboxylic acids is 2. The molecule has 1 aromatic carbocycles. The number of nitrogens with zero attached hydrogens (tertiary/aromatic N) is 1. The van der Waals surface area contributed by atoms with Crippen LogP contribution in [0.25, 0.3) is 0 Å². The lowest BCUT2D eigenvalue weighted by molar-refractivity contribution is -0.150. The fraction of sp³-hybridized carbons (Fsp3) is 0.656. The molecule has 6 nitrogen and oxygen atoms in total. The van der Waals surface area contributed by atoms with Crippen molar-refractivity contribution in [3.63, 3.8) is 0 Å². The molecule has 1 N–H and O–H groups in total. The maximum atomic E-state index is 13.0. The number of hydrogen-bond donors (Lipinski definition) is 1. The summed E-state index contributed by atoms with van der Waals surface area (Å²) in [6, 6.07) is 7.06. The summed E-state index contributed by atoms with van der Waals surface area (Å²) in [5, 5.41) is 2.93. The van der Waals surface area contributed by atoms with Crippen molar-refractivity contribution < 1.29 is 19.1 Å². The summed E-state index contributed by atoms with van der Waals surface area (Å²) in [4.78, 5) is 29.3. The van der Waals surface area contributed by atoms with E-state index in [0.29, 0.717) is 12.3 Å². The van der Waals surface area contributed by atoms with Gasteiger partial charge in [0.1, 0.15) is 5.92 Å². The second kappa shape index (κ2) is 17.9. The van der Waals surface area contributed by atoms with Gasteiger partial charge in [-0.3, -0.25) is 4.79 Å². The Hall–Kier alpha value is -2.47. The molecule has 1 aromatic rings. The third-order valence-corrected chi connectivity index (χ3v) is 6.97. The molecule has 38 heavy (non-hydrogen) atoms. The molecule has 212 valence electrons. The van der Waals surface area contributed by atoms with Gasteiger partial charge < -0.3 is 14.8 Å². The summed E-state index contributed by atoms with van der Waals surface area (Å²) in [6.07, 6.45) is 17.4. The first-order valence-electron chi connectivity index (χ1n) is 14.8. The first-order valence-corrected chi connectivity index (χ1v) is 14.8. The van der Waals surface area contributed by atoms with Gasteiger partial charge in [-0.05, 0) is 77.3 Å². The van der Waals surface area contributed by atoms with E-state index in [9.17, 15) is 9.59 Å². The third-order valence-electron chi connectivity index (χ3n) is 6.97. The van der Waals surface area contributed by atoms with Crippen LogP contribution in [-0.2, 0) is 20.7 Å². The Bertz CT molecular complexity index is 908. The van der Waals surface area contributed by atoms with E-state index in [1.54, 1.807) is 6.92 Å². The monoisotopic (exact) mass is 526 g/mol. The molecule has 0 aliphatic carbocycles. The largest absolute Gasteiger partial charge is 0.462 e. The number of amides is 2. The number of allylic oxidation sites excluding steroid dienone is 2. The molecule has 2 amide bonds. The Labute approximate surface area is 230 Å². The van der Waals surface area contributed by atoms with Crippen molar-refractivity contribution in [1.29, 1.82) is 0 Å². The number of aliphatic imine (C=N–C) groups is 1. The molecule has 0 saturated heterocycles. The summed E-state index contributed by atoms with van der Waals surface area (Å²) >= 11 is 0.